The van der Waals surface area contributed by atoms with Gasteiger partial charge in [-0.15, -0.1) is 0 Å². The SMILES string of the molecule is CC.CC1(NS(C)(=O)=O)CCOC1. The summed E-state index contributed by atoms with van der Waals surface area (Å²) in [5, 5.41) is 0. The maximum Gasteiger partial charge on any atom is 0.209 e. The second-order valence-electron chi connectivity index (χ2n) is 3.24. The summed E-state index contributed by atoms with van der Waals surface area (Å²) in [6.45, 7) is 6.96. The molecule has 0 saturated carbocycles. The van der Waals surface area contributed by atoms with Crippen molar-refractivity contribution in [3.05, 3.63) is 0 Å². The third kappa shape index (κ3) is 5.23. The Morgan fingerprint density at radius 3 is 2.23 bits per heavy atom. The first-order valence-electron chi connectivity index (χ1n) is 4.48. The van der Waals surface area contributed by atoms with Gasteiger partial charge < -0.3 is 4.74 Å². The Bertz CT molecular complexity index is 230. The molecule has 1 fully saturated rings. The molecule has 0 aromatic carbocycles. The number of hydrogen-bond acceptors (Lipinski definition) is 3. The molecule has 0 amide bonds. The molecule has 0 radical (unpaired) electrons. The Balaban J connectivity index is 0.000000671. The fourth-order valence-electron chi connectivity index (χ4n) is 1.20. The van der Waals surface area contributed by atoms with E-state index in [1.807, 2.05) is 20.8 Å². The molecule has 4 nitrogen and oxygen atoms in total. The molecule has 0 spiro atoms. The van der Waals surface area contributed by atoms with Gasteiger partial charge in [0.25, 0.3) is 0 Å². The van der Waals surface area contributed by atoms with Crippen LogP contribution in [-0.2, 0) is 14.8 Å². The number of ether oxygens (including phenoxy) is 1. The van der Waals surface area contributed by atoms with E-state index < -0.39 is 10.0 Å². The van der Waals surface area contributed by atoms with Gasteiger partial charge >= 0.3 is 0 Å². The molecule has 1 N–H and O–H groups in total. The summed E-state index contributed by atoms with van der Waals surface area (Å²) in [4.78, 5) is 0. The summed E-state index contributed by atoms with van der Waals surface area (Å²) in [7, 11) is -3.10. The van der Waals surface area contributed by atoms with Gasteiger partial charge in [0.05, 0.1) is 18.4 Å². The fourth-order valence-corrected chi connectivity index (χ4v) is 2.25. The van der Waals surface area contributed by atoms with Gasteiger partial charge in [-0.2, -0.15) is 0 Å². The van der Waals surface area contributed by atoms with Gasteiger partial charge in [-0.05, 0) is 13.3 Å². The summed E-state index contributed by atoms with van der Waals surface area (Å²) in [5.74, 6) is 0. The molecule has 0 aliphatic carbocycles. The van der Waals surface area contributed by atoms with E-state index in [0.29, 0.717) is 13.2 Å². The Kier molecular flexibility index (Phi) is 4.88. The minimum Gasteiger partial charge on any atom is -0.379 e. The lowest BCUT2D eigenvalue weighted by molar-refractivity contribution is 0.178. The Morgan fingerprint density at radius 1 is 1.38 bits per heavy atom. The molecule has 80 valence electrons. The van der Waals surface area contributed by atoms with Crippen molar-refractivity contribution in [2.75, 3.05) is 19.5 Å². The van der Waals surface area contributed by atoms with Crippen molar-refractivity contribution in [1.82, 2.24) is 4.72 Å². The van der Waals surface area contributed by atoms with E-state index in [0.717, 1.165) is 12.7 Å². The van der Waals surface area contributed by atoms with Crippen LogP contribution in [0.2, 0.25) is 0 Å². The van der Waals surface area contributed by atoms with Crippen LogP contribution in [0, 0.1) is 0 Å². The molecule has 0 aromatic rings. The van der Waals surface area contributed by atoms with E-state index in [-0.39, 0.29) is 5.54 Å². The topological polar surface area (TPSA) is 55.4 Å². The average molecular weight is 209 g/mol. The normalized spacial score (nSPS) is 28.0. The van der Waals surface area contributed by atoms with Gasteiger partial charge in [0.15, 0.2) is 0 Å². The van der Waals surface area contributed by atoms with Crippen molar-refractivity contribution in [3.63, 3.8) is 0 Å². The second-order valence-corrected chi connectivity index (χ2v) is 4.99. The largest absolute Gasteiger partial charge is 0.379 e. The van der Waals surface area contributed by atoms with Crippen molar-refractivity contribution < 1.29 is 13.2 Å². The summed E-state index contributed by atoms with van der Waals surface area (Å²) >= 11 is 0. The van der Waals surface area contributed by atoms with Crippen LogP contribution in [-0.4, -0.2) is 33.4 Å². The highest BCUT2D eigenvalue weighted by Gasteiger charge is 2.32. The zero-order valence-electron chi connectivity index (χ0n) is 8.75. The number of nitrogens with one attached hydrogen (secondary N) is 1. The molecule has 0 bridgehead atoms. The molecule has 1 aliphatic rings. The molecule has 1 atom stereocenters. The van der Waals surface area contributed by atoms with Crippen LogP contribution < -0.4 is 4.72 Å². The van der Waals surface area contributed by atoms with Crippen LogP contribution in [0.1, 0.15) is 27.2 Å². The first kappa shape index (κ1) is 12.9. The van der Waals surface area contributed by atoms with Crippen LogP contribution in [0.3, 0.4) is 0 Å². The number of rotatable bonds is 2. The Morgan fingerprint density at radius 2 is 1.92 bits per heavy atom. The van der Waals surface area contributed by atoms with E-state index in [1.165, 1.54) is 0 Å². The molecule has 0 aromatic heterocycles. The molecular formula is C8H19NO3S. The van der Waals surface area contributed by atoms with Crippen molar-refractivity contribution in [1.29, 1.82) is 0 Å². The summed E-state index contributed by atoms with van der Waals surface area (Å²) in [6.07, 6.45) is 1.91. The van der Waals surface area contributed by atoms with E-state index in [2.05, 4.69) is 4.72 Å². The third-order valence-corrected chi connectivity index (χ3v) is 2.51. The molecule has 1 rings (SSSR count). The molecule has 13 heavy (non-hydrogen) atoms. The standard InChI is InChI=1S/C6H13NO3S.C2H6/c1-6(3-4-10-5-6)7-11(2,8)9;1-2/h7H,3-5H2,1-2H3;1-2H3. The smallest absolute Gasteiger partial charge is 0.209 e. The van der Waals surface area contributed by atoms with Gasteiger partial charge in [0.1, 0.15) is 0 Å². The van der Waals surface area contributed by atoms with Crippen molar-refractivity contribution in [2.24, 2.45) is 0 Å². The first-order chi connectivity index (χ1) is 5.91. The molecule has 1 aliphatic heterocycles. The molecule has 1 heterocycles. The summed E-state index contributed by atoms with van der Waals surface area (Å²) in [6, 6.07) is 0. The van der Waals surface area contributed by atoms with Crippen LogP contribution in [0.4, 0.5) is 0 Å². The predicted octanol–water partition coefficient (Wildman–Crippen LogP) is 0.741. The van der Waals surface area contributed by atoms with E-state index in [4.69, 9.17) is 4.74 Å². The van der Waals surface area contributed by atoms with Gasteiger partial charge in [0, 0.05) is 6.61 Å². The second kappa shape index (κ2) is 4.93. The van der Waals surface area contributed by atoms with Gasteiger partial charge in [0.2, 0.25) is 10.0 Å². The van der Waals surface area contributed by atoms with Crippen molar-refractivity contribution in [3.8, 4) is 0 Å². The van der Waals surface area contributed by atoms with E-state index in [1.54, 1.807) is 0 Å². The van der Waals surface area contributed by atoms with Crippen LogP contribution in [0.25, 0.3) is 0 Å². The zero-order valence-corrected chi connectivity index (χ0v) is 9.57. The molecule has 5 heteroatoms. The quantitative estimate of drug-likeness (QED) is 0.730. The minimum absolute atomic E-state index is 0.381. The highest BCUT2D eigenvalue weighted by atomic mass is 32.2. The first-order valence-corrected chi connectivity index (χ1v) is 6.37. The third-order valence-electron chi connectivity index (χ3n) is 1.65. The van der Waals surface area contributed by atoms with E-state index in [9.17, 15) is 8.42 Å². The molecule has 1 saturated heterocycles. The monoisotopic (exact) mass is 209 g/mol. The highest BCUT2D eigenvalue weighted by Crippen LogP contribution is 2.17. The van der Waals surface area contributed by atoms with Crippen molar-refractivity contribution in [2.45, 2.75) is 32.7 Å². The Labute approximate surface area is 80.7 Å². The summed E-state index contributed by atoms with van der Waals surface area (Å²) in [5.41, 5.74) is -0.381. The number of sulfonamides is 1. The molecular weight excluding hydrogens is 190 g/mol. The zero-order chi connectivity index (χ0) is 10.5. The number of hydrogen-bond donors (Lipinski definition) is 1. The average Bonchev–Trinajstić information content (AvgIpc) is 2.36. The van der Waals surface area contributed by atoms with Gasteiger partial charge in [-0.25, -0.2) is 13.1 Å². The van der Waals surface area contributed by atoms with E-state index >= 15 is 0 Å². The van der Waals surface area contributed by atoms with Gasteiger partial charge in [-0.3, -0.25) is 0 Å². The highest BCUT2D eigenvalue weighted by molar-refractivity contribution is 7.88. The van der Waals surface area contributed by atoms with Crippen molar-refractivity contribution >= 4 is 10.0 Å². The lowest BCUT2D eigenvalue weighted by Crippen LogP contribution is -2.45. The molecule has 1 unspecified atom stereocenters. The van der Waals surface area contributed by atoms with Crippen LogP contribution in [0.5, 0.6) is 0 Å². The fraction of sp³-hybridized carbons (Fsp3) is 1.00. The predicted molar refractivity (Wildman–Crippen MR) is 53.2 cm³/mol. The Hall–Kier alpha value is -0.130. The van der Waals surface area contributed by atoms with Crippen LogP contribution in [0.15, 0.2) is 0 Å². The lowest BCUT2D eigenvalue weighted by atomic mass is 10.0. The maximum absolute atomic E-state index is 10.8. The minimum atomic E-state index is -3.10. The lowest BCUT2D eigenvalue weighted by Gasteiger charge is -2.21. The van der Waals surface area contributed by atoms with Crippen LogP contribution >= 0.6 is 0 Å². The maximum atomic E-state index is 10.8. The van der Waals surface area contributed by atoms with Gasteiger partial charge in [-0.1, -0.05) is 13.8 Å². The summed E-state index contributed by atoms with van der Waals surface area (Å²) < 4.78 is 29.3.